The van der Waals surface area contributed by atoms with Crippen molar-refractivity contribution in [1.82, 2.24) is 10.2 Å². The van der Waals surface area contributed by atoms with Crippen LogP contribution in [-0.4, -0.2) is 16.8 Å². The number of aromatic amines is 1. The molecule has 1 unspecified atom stereocenters. The smallest absolute Gasteiger partial charge is 0.118 e. The lowest BCUT2D eigenvalue weighted by molar-refractivity contribution is -0.0528. The Morgan fingerprint density at radius 2 is 2.78 bits per heavy atom. The Morgan fingerprint density at radius 1 is 1.89 bits per heavy atom. The Kier molecular flexibility index (Phi) is 1.02. The van der Waals surface area contributed by atoms with Crippen LogP contribution in [0.1, 0.15) is 18.1 Å². The molecule has 9 heavy (non-hydrogen) atoms. The van der Waals surface area contributed by atoms with Crippen LogP contribution in [0.5, 0.6) is 0 Å². The average Bonchev–Trinajstić information content (AvgIpc) is 2.11. The van der Waals surface area contributed by atoms with Crippen molar-refractivity contribution >= 4 is 0 Å². The largest absolute Gasteiger partial charge is 0.373 e. The molecule has 1 radical (unpaired) electrons. The molecule has 0 amide bonds. The number of hydrogen-bond donors (Lipinski definition) is 1. The third kappa shape index (κ3) is 0.733. The Balaban J connectivity index is 2.14. The summed E-state index contributed by atoms with van der Waals surface area (Å²) in [6, 6.07) is 0. The summed E-state index contributed by atoms with van der Waals surface area (Å²) in [6.45, 7) is 0.879. The zero-order valence-corrected chi connectivity index (χ0v) is 4.92. The van der Waals surface area contributed by atoms with Crippen molar-refractivity contribution in [1.29, 1.82) is 0 Å². The van der Waals surface area contributed by atoms with Gasteiger partial charge in [-0.15, -0.1) is 0 Å². The Labute approximate surface area is 53.0 Å². The van der Waals surface area contributed by atoms with Crippen LogP contribution in [0.25, 0.3) is 0 Å². The van der Waals surface area contributed by atoms with Gasteiger partial charge in [-0.1, -0.05) is 0 Å². The molecule has 1 aromatic rings. The SMILES string of the molecule is [c]1n[nH]cc1C1CCO1. The van der Waals surface area contributed by atoms with E-state index >= 15 is 0 Å². The molecule has 1 atom stereocenters. The lowest BCUT2D eigenvalue weighted by atomic mass is 10.1. The van der Waals surface area contributed by atoms with Crippen LogP contribution in [0.2, 0.25) is 0 Å². The second-order valence-electron chi connectivity index (χ2n) is 2.10. The fraction of sp³-hybridized carbons (Fsp3) is 0.500. The van der Waals surface area contributed by atoms with E-state index in [2.05, 4.69) is 16.4 Å². The first kappa shape index (κ1) is 4.99. The molecule has 0 aromatic carbocycles. The minimum atomic E-state index is 0.267. The molecule has 47 valence electrons. The van der Waals surface area contributed by atoms with E-state index in [4.69, 9.17) is 4.74 Å². The highest BCUT2D eigenvalue weighted by Crippen LogP contribution is 2.27. The summed E-state index contributed by atoms with van der Waals surface area (Å²) < 4.78 is 5.18. The van der Waals surface area contributed by atoms with Crippen molar-refractivity contribution in [3.8, 4) is 0 Å². The first-order valence-corrected chi connectivity index (χ1v) is 3.00. The average molecular weight is 123 g/mol. The molecular formula is C6H7N2O. The third-order valence-corrected chi connectivity index (χ3v) is 1.52. The highest BCUT2D eigenvalue weighted by Gasteiger charge is 2.20. The van der Waals surface area contributed by atoms with Crippen LogP contribution in [0, 0.1) is 6.20 Å². The highest BCUT2D eigenvalue weighted by atomic mass is 16.5. The Hall–Kier alpha value is -0.830. The van der Waals surface area contributed by atoms with Crippen molar-refractivity contribution in [2.24, 2.45) is 0 Å². The number of aromatic nitrogens is 2. The highest BCUT2D eigenvalue weighted by molar-refractivity contribution is 5.07. The zero-order chi connectivity index (χ0) is 6.10. The van der Waals surface area contributed by atoms with Crippen LogP contribution >= 0.6 is 0 Å². The molecule has 0 aliphatic carbocycles. The van der Waals surface area contributed by atoms with Crippen molar-refractivity contribution < 1.29 is 4.74 Å². The zero-order valence-electron chi connectivity index (χ0n) is 4.92. The molecular weight excluding hydrogens is 116 g/mol. The van der Waals surface area contributed by atoms with Gasteiger partial charge in [0.25, 0.3) is 0 Å². The van der Waals surface area contributed by atoms with Gasteiger partial charge in [0.2, 0.25) is 0 Å². The summed E-state index contributed by atoms with van der Waals surface area (Å²) in [5.74, 6) is 0. The minimum absolute atomic E-state index is 0.267. The summed E-state index contributed by atoms with van der Waals surface area (Å²) in [6.07, 6.45) is 6.01. The molecule has 3 nitrogen and oxygen atoms in total. The fourth-order valence-electron chi connectivity index (χ4n) is 0.877. The van der Waals surface area contributed by atoms with E-state index in [-0.39, 0.29) is 6.10 Å². The predicted octanol–water partition coefficient (Wildman–Crippen LogP) is 0.671. The molecule has 0 spiro atoms. The van der Waals surface area contributed by atoms with Gasteiger partial charge in [-0.25, -0.2) is 0 Å². The predicted molar refractivity (Wildman–Crippen MR) is 30.7 cm³/mol. The summed E-state index contributed by atoms with van der Waals surface area (Å²) in [5, 5.41) is 6.39. The molecule has 1 aliphatic rings. The van der Waals surface area contributed by atoms with Gasteiger partial charge < -0.3 is 4.74 Å². The van der Waals surface area contributed by atoms with E-state index in [1.54, 1.807) is 0 Å². The quantitative estimate of drug-likeness (QED) is 0.596. The molecule has 1 fully saturated rings. The van der Waals surface area contributed by atoms with Gasteiger partial charge in [-0.3, -0.25) is 5.10 Å². The van der Waals surface area contributed by atoms with Gasteiger partial charge in [0.1, 0.15) is 6.20 Å². The standard InChI is InChI=1S/C6H7N2O/c1-2-9-6(1)5-3-7-8-4-5/h3,6H,1-2H2,(H,7,8). The summed E-state index contributed by atoms with van der Waals surface area (Å²) >= 11 is 0. The molecule has 3 heteroatoms. The van der Waals surface area contributed by atoms with E-state index in [1.165, 1.54) is 0 Å². The second-order valence-corrected chi connectivity index (χ2v) is 2.10. The molecule has 0 saturated carbocycles. The Bertz CT molecular complexity index is 179. The lowest BCUT2D eigenvalue weighted by Gasteiger charge is -2.24. The number of H-pyrrole nitrogens is 1. The Morgan fingerprint density at radius 3 is 3.22 bits per heavy atom. The van der Waals surface area contributed by atoms with E-state index in [0.29, 0.717) is 0 Å². The number of hydrogen-bond acceptors (Lipinski definition) is 2. The van der Waals surface area contributed by atoms with Crippen molar-refractivity contribution in [3.05, 3.63) is 18.0 Å². The molecule has 0 bridgehead atoms. The number of ether oxygens (including phenoxy) is 1. The maximum atomic E-state index is 5.18. The van der Waals surface area contributed by atoms with E-state index < -0.39 is 0 Å². The first-order valence-electron chi connectivity index (χ1n) is 3.00. The van der Waals surface area contributed by atoms with Gasteiger partial charge in [0.15, 0.2) is 0 Å². The minimum Gasteiger partial charge on any atom is -0.373 e. The van der Waals surface area contributed by atoms with Gasteiger partial charge in [-0.2, -0.15) is 5.10 Å². The summed E-state index contributed by atoms with van der Waals surface area (Å²) in [4.78, 5) is 0. The normalized spacial score (nSPS) is 25.6. The number of nitrogens with one attached hydrogen (secondary N) is 1. The topological polar surface area (TPSA) is 37.9 Å². The molecule has 1 N–H and O–H groups in total. The monoisotopic (exact) mass is 123 g/mol. The van der Waals surface area contributed by atoms with Gasteiger partial charge in [0, 0.05) is 18.2 Å². The maximum Gasteiger partial charge on any atom is 0.118 e. The second kappa shape index (κ2) is 1.84. The van der Waals surface area contributed by atoms with Crippen molar-refractivity contribution in [3.63, 3.8) is 0 Å². The summed E-state index contributed by atoms with van der Waals surface area (Å²) in [5.41, 5.74) is 1.04. The molecule has 1 aliphatic heterocycles. The summed E-state index contributed by atoms with van der Waals surface area (Å²) in [7, 11) is 0. The third-order valence-electron chi connectivity index (χ3n) is 1.52. The van der Waals surface area contributed by atoms with E-state index in [9.17, 15) is 0 Å². The van der Waals surface area contributed by atoms with Crippen LogP contribution in [0.3, 0.4) is 0 Å². The van der Waals surface area contributed by atoms with Gasteiger partial charge in [-0.05, 0) is 0 Å². The van der Waals surface area contributed by atoms with Crippen molar-refractivity contribution in [2.75, 3.05) is 6.61 Å². The van der Waals surface area contributed by atoms with Gasteiger partial charge in [0.05, 0.1) is 12.7 Å². The lowest BCUT2D eigenvalue weighted by Crippen LogP contribution is -2.17. The molecule has 1 aromatic heterocycles. The van der Waals surface area contributed by atoms with Crippen LogP contribution in [-0.2, 0) is 4.74 Å². The first-order chi connectivity index (χ1) is 4.47. The maximum absolute atomic E-state index is 5.18. The van der Waals surface area contributed by atoms with Crippen LogP contribution in [0.4, 0.5) is 0 Å². The molecule has 2 rings (SSSR count). The molecule has 1 saturated heterocycles. The number of nitrogens with zero attached hydrogens (tertiary/aromatic N) is 1. The van der Waals surface area contributed by atoms with Crippen LogP contribution < -0.4 is 0 Å². The molecule has 2 heterocycles. The number of rotatable bonds is 1. The van der Waals surface area contributed by atoms with E-state index in [0.717, 1.165) is 18.6 Å². The fourth-order valence-corrected chi connectivity index (χ4v) is 0.877. The van der Waals surface area contributed by atoms with E-state index in [1.807, 2.05) is 6.20 Å². The van der Waals surface area contributed by atoms with Crippen LogP contribution in [0.15, 0.2) is 6.20 Å². The van der Waals surface area contributed by atoms with Crippen molar-refractivity contribution in [2.45, 2.75) is 12.5 Å². The van der Waals surface area contributed by atoms with Gasteiger partial charge >= 0.3 is 0 Å².